The summed E-state index contributed by atoms with van der Waals surface area (Å²) in [5.74, 6) is -0.426. The van der Waals surface area contributed by atoms with Gasteiger partial charge in [0.15, 0.2) is 0 Å². The molecule has 1 fully saturated rings. The highest BCUT2D eigenvalue weighted by molar-refractivity contribution is 6.00. The van der Waals surface area contributed by atoms with E-state index >= 15 is 0 Å². The van der Waals surface area contributed by atoms with Gasteiger partial charge in [-0.15, -0.1) is 0 Å². The minimum absolute atomic E-state index is 0.190. The number of aryl methyl sites for hydroxylation is 2. The van der Waals surface area contributed by atoms with E-state index in [1.165, 1.54) is 0 Å². The van der Waals surface area contributed by atoms with Crippen LogP contribution in [0.4, 0.5) is 0 Å². The molecule has 0 spiro atoms. The minimum Gasteiger partial charge on any atom is -0.300 e. The Morgan fingerprint density at radius 3 is 2.94 bits per heavy atom. The lowest BCUT2D eigenvalue weighted by molar-refractivity contribution is -0.134. The SMILES string of the molecule is Cc1cc(CNC2CCC(=O)NC2=O)n(C)n1. The van der Waals surface area contributed by atoms with Crippen LogP contribution in [0.2, 0.25) is 0 Å². The van der Waals surface area contributed by atoms with Crippen molar-refractivity contribution in [2.75, 3.05) is 0 Å². The predicted octanol–water partition coefficient (Wildman–Crippen LogP) is -0.377. The summed E-state index contributed by atoms with van der Waals surface area (Å²) in [6.07, 6.45) is 0.954. The summed E-state index contributed by atoms with van der Waals surface area (Å²) < 4.78 is 1.79. The third kappa shape index (κ3) is 2.71. The van der Waals surface area contributed by atoms with E-state index in [1.807, 2.05) is 20.0 Å². The summed E-state index contributed by atoms with van der Waals surface area (Å²) in [5.41, 5.74) is 1.97. The van der Waals surface area contributed by atoms with E-state index in [0.29, 0.717) is 19.4 Å². The van der Waals surface area contributed by atoms with Gasteiger partial charge in [0.25, 0.3) is 0 Å². The second-order valence-electron chi connectivity index (χ2n) is 4.29. The first-order valence-electron chi connectivity index (χ1n) is 5.63. The van der Waals surface area contributed by atoms with Crippen molar-refractivity contribution in [3.63, 3.8) is 0 Å². The highest BCUT2D eigenvalue weighted by Crippen LogP contribution is 2.07. The van der Waals surface area contributed by atoms with Crippen LogP contribution in [0.3, 0.4) is 0 Å². The average molecular weight is 236 g/mol. The fraction of sp³-hybridized carbons (Fsp3) is 0.545. The Labute approximate surface area is 99.4 Å². The fourth-order valence-corrected chi connectivity index (χ4v) is 1.95. The summed E-state index contributed by atoms with van der Waals surface area (Å²) in [6, 6.07) is 1.68. The average Bonchev–Trinajstić information content (AvgIpc) is 2.56. The van der Waals surface area contributed by atoms with Crippen LogP contribution in [-0.4, -0.2) is 27.6 Å². The Hall–Kier alpha value is -1.69. The zero-order valence-electron chi connectivity index (χ0n) is 9.99. The Kier molecular flexibility index (Phi) is 3.23. The number of piperidine rings is 1. The van der Waals surface area contributed by atoms with Gasteiger partial charge < -0.3 is 5.32 Å². The number of amides is 2. The molecule has 1 aromatic heterocycles. The van der Waals surface area contributed by atoms with Gasteiger partial charge in [-0.2, -0.15) is 5.10 Å². The number of imide groups is 1. The smallest absolute Gasteiger partial charge is 0.243 e. The molecule has 92 valence electrons. The van der Waals surface area contributed by atoms with Gasteiger partial charge in [-0.1, -0.05) is 0 Å². The van der Waals surface area contributed by atoms with Gasteiger partial charge in [0.1, 0.15) is 0 Å². The summed E-state index contributed by atoms with van der Waals surface area (Å²) in [6.45, 7) is 2.50. The van der Waals surface area contributed by atoms with E-state index in [4.69, 9.17) is 0 Å². The van der Waals surface area contributed by atoms with Crippen molar-refractivity contribution in [2.24, 2.45) is 7.05 Å². The molecule has 1 aromatic rings. The number of nitrogens with one attached hydrogen (secondary N) is 2. The largest absolute Gasteiger partial charge is 0.300 e. The Bertz CT molecular complexity index is 452. The monoisotopic (exact) mass is 236 g/mol. The first-order valence-corrected chi connectivity index (χ1v) is 5.63. The van der Waals surface area contributed by atoms with Crippen molar-refractivity contribution < 1.29 is 9.59 Å². The molecule has 0 saturated carbocycles. The summed E-state index contributed by atoms with van der Waals surface area (Å²) >= 11 is 0. The molecule has 1 aliphatic rings. The molecule has 2 rings (SSSR count). The van der Waals surface area contributed by atoms with Crippen LogP contribution in [0.1, 0.15) is 24.2 Å². The zero-order valence-corrected chi connectivity index (χ0v) is 9.99. The molecule has 6 heteroatoms. The van der Waals surface area contributed by atoms with Crippen LogP contribution in [0, 0.1) is 6.92 Å². The van der Waals surface area contributed by atoms with Gasteiger partial charge in [-0.25, -0.2) is 0 Å². The lowest BCUT2D eigenvalue weighted by Crippen LogP contribution is -2.50. The quantitative estimate of drug-likeness (QED) is 0.702. The molecule has 1 atom stereocenters. The van der Waals surface area contributed by atoms with Gasteiger partial charge in [0.05, 0.1) is 17.4 Å². The number of aromatic nitrogens is 2. The van der Waals surface area contributed by atoms with E-state index in [1.54, 1.807) is 4.68 Å². The van der Waals surface area contributed by atoms with E-state index in [0.717, 1.165) is 11.4 Å². The fourth-order valence-electron chi connectivity index (χ4n) is 1.95. The van der Waals surface area contributed by atoms with Gasteiger partial charge >= 0.3 is 0 Å². The first-order chi connectivity index (χ1) is 8.06. The van der Waals surface area contributed by atoms with Gasteiger partial charge in [-0.3, -0.25) is 19.6 Å². The maximum absolute atomic E-state index is 11.5. The molecule has 2 heterocycles. The molecule has 6 nitrogen and oxygen atoms in total. The molecular weight excluding hydrogens is 220 g/mol. The summed E-state index contributed by atoms with van der Waals surface area (Å²) in [7, 11) is 1.87. The number of rotatable bonds is 3. The topological polar surface area (TPSA) is 76.0 Å². The first kappa shape index (κ1) is 11.8. The minimum atomic E-state index is -0.289. The zero-order chi connectivity index (χ0) is 12.4. The Balaban J connectivity index is 1.92. The number of nitrogens with zero attached hydrogens (tertiary/aromatic N) is 2. The Morgan fingerprint density at radius 2 is 2.35 bits per heavy atom. The number of carbonyl (C=O) groups is 2. The van der Waals surface area contributed by atoms with Crippen LogP contribution in [0.25, 0.3) is 0 Å². The van der Waals surface area contributed by atoms with Crippen LogP contribution in [0.5, 0.6) is 0 Å². The van der Waals surface area contributed by atoms with Crippen molar-refractivity contribution in [2.45, 2.75) is 32.4 Å². The van der Waals surface area contributed by atoms with Gasteiger partial charge in [0.2, 0.25) is 11.8 Å². The second kappa shape index (κ2) is 4.67. The molecule has 0 bridgehead atoms. The molecule has 2 N–H and O–H groups in total. The maximum Gasteiger partial charge on any atom is 0.243 e. The predicted molar refractivity (Wildman–Crippen MR) is 61.0 cm³/mol. The molecule has 0 radical (unpaired) electrons. The lowest BCUT2D eigenvalue weighted by Gasteiger charge is -2.21. The molecular formula is C11H16N4O2. The van der Waals surface area contributed by atoms with Crippen molar-refractivity contribution in [1.82, 2.24) is 20.4 Å². The molecule has 2 amide bonds. The molecule has 1 unspecified atom stereocenters. The number of hydrogen-bond acceptors (Lipinski definition) is 4. The van der Waals surface area contributed by atoms with Crippen LogP contribution in [-0.2, 0) is 23.2 Å². The van der Waals surface area contributed by atoms with E-state index < -0.39 is 0 Å². The lowest BCUT2D eigenvalue weighted by atomic mass is 10.1. The van der Waals surface area contributed by atoms with Crippen molar-refractivity contribution >= 4 is 11.8 Å². The standard InChI is InChI=1S/C11H16N4O2/c1-7-5-8(15(2)14-7)6-12-9-3-4-10(16)13-11(9)17/h5,9,12H,3-4,6H2,1-2H3,(H,13,16,17). The third-order valence-electron chi connectivity index (χ3n) is 2.87. The van der Waals surface area contributed by atoms with Crippen LogP contribution >= 0.6 is 0 Å². The normalized spacial score (nSPS) is 20.5. The van der Waals surface area contributed by atoms with Crippen LogP contribution < -0.4 is 10.6 Å². The number of hydrogen-bond donors (Lipinski definition) is 2. The molecule has 17 heavy (non-hydrogen) atoms. The third-order valence-corrected chi connectivity index (χ3v) is 2.87. The van der Waals surface area contributed by atoms with Crippen LogP contribution in [0.15, 0.2) is 6.07 Å². The van der Waals surface area contributed by atoms with E-state index in [9.17, 15) is 9.59 Å². The van der Waals surface area contributed by atoms with Crippen molar-refractivity contribution in [3.8, 4) is 0 Å². The number of carbonyl (C=O) groups excluding carboxylic acids is 2. The second-order valence-corrected chi connectivity index (χ2v) is 4.29. The van der Waals surface area contributed by atoms with Gasteiger partial charge in [0, 0.05) is 20.0 Å². The molecule has 0 aromatic carbocycles. The van der Waals surface area contributed by atoms with E-state index in [2.05, 4.69) is 15.7 Å². The highest BCUT2D eigenvalue weighted by atomic mass is 16.2. The molecule has 0 aliphatic carbocycles. The summed E-state index contributed by atoms with van der Waals surface area (Å²) in [5, 5.41) is 9.69. The summed E-state index contributed by atoms with van der Waals surface area (Å²) in [4.78, 5) is 22.5. The Morgan fingerprint density at radius 1 is 1.59 bits per heavy atom. The van der Waals surface area contributed by atoms with Crippen molar-refractivity contribution in [1.29, 1.82) is 0 Å². The maximum atomic E-state index is 11.5. The van der Waals surface area contributed by atoms with Gasteiger partial charge in [-0.05, 0) is 19.4 Å². The van der Waals surface area contributed by atoms with E-state index in [-0.39, 0.29) is 17.9 Å². The molecule has 1 saturated heterocycles. The van der Waals surface area contributed by atoms with Crippen molar-refractivity contribution in [3.05, 3.63) is 17.5 Å². The molecule has 1 aliphatic heterocycles. The highest BCUT2D eigenvalue weighted by Gasteiger charge is 2.25.